The number of anilines is 1. The Labute approximate surface area is 134 Å². The van der Waals surface area contributed by atoms with Crippen LogP contribution in [0.5, 0.6) is 5.75 Å². The second kappa shape index (κ2) is 6.44. The summed E-state index contributed by atoms with van der Waals surface area (Å²) >= 11 is 4.54. The van der Waals surface area contributed by atoms with E-state index in [0.717, 1.165) is 4.88 Å². The molecule has 2 aromatic heterocycles. The number of rotatable bonds is 4. The monoisotopic (exact) mass is 370 g/mol. The molecule has 0 aliphatic heterocycles. The molecular weight excluding hydrogens is 356 g/mol. The molecule has 0 aliphatic carbocycles. The van der Waals surface area contributed by atoms with Crippen LogP contribution < -0.4 is 15.5 Å². The standard InChI is InChI=1S/C14H15BrN2O3S/c1-4-17-6-9(15)12(18)10(7-17)16-14(19)13-11(20-3)5-8(2)21-13/h5-7H,4H2,1-3H3,(H,16,19). The lowest BCUT2D eigenvalue weighted by molar-refractivity contribution is 0.102. The number of carbonyl (C=O) groups is 1. The van der Waals surface area contributed by atoms with Crippen molar-refractivity contribution in [1.82, 2.24) is 4.57 Å². The van der Waals surface area contributed by atoms with E-state index >= 15 is 0 Å². The molecule has 0 bridgehead atoms. The van der Waals surface area contributed by atoms with E-state index in [1.807, 2.05) is 18.4 Å². The van der Waals surface area contributed by atoms with Gasteiger partial charge in [-0.3, -0.25) is 9.59 Å². The van der Waals surface area contributed by atoms with Crippen LogP contribution in [0.3, 0.4) is 0 Å². The second-order valence-corrected chi connectivity index (χ2v) is 6.50. The van der Waals surface area contributed by atoms with Gasteiger partial charge in [0.1, 0.15) is 16.3 Å². The minimum absolute atomic E-state index is 0.240. The molecule has 0 radical (unpaired) electrons. The molecule has 0 saturated heterocycles. The Kier molecular flexibility index (Phi) is 4.84. The zero-order chi connectivity index (χ0) is 15.6. The van der Waals surface area contributed by atoms with E-state index in [0.29, 0.717) is 21.6 Å². The second-order valence-electron chi connectivity index (χ2n) is 4.39. The molecule has 0 fully saturated rings. The molecule has 0 unspecified atom stereocenters. The van der Waals surface area contributed by atoms with Crippen molar-refractivity contribution in [2.75, 3.05) is 12.4 Å². The number of aryl methyl sites for hydroxylation is 2. The third-order valence-electron chi connectivity index (χ3n) is 2.90. The van der Waals surface area contributed by atoms with Crippen LogP contribution in [-0.4, -0.2) is 17.6 Å². The molecule has 21 heavy (non-hydrogen) atoms. The number of nitrogens with zero attached hydrogens (tertiary/aromatic N) is 1. The summed E-state index contributed by atoms with van der Waals surface area (Å²) < 4.78 is 7.41. The highest BCUT2D eigenvalue weighted by molar-refractivity contribution is 9.10. The lowest BCUT2D eigenvalue weighted by atomic mass is 10.3. The lowest BCUT2D eigenvalue weighted by Crippen LogP contribution is -2.20. The summed E-state index contributed by atoms with van der Waals surface area (Å²) in [7, 11) is 1.52. The number of amides is 1. The minimum Gasteiger partial charge on any atom is -0.495 e. The quantitative estimate of drug-likeness (QED) is 0.898. The Hall–Kier alpha value is -1.60. The molecule has 7 heteroatoms. The topological polar surface area (TPSA) is 60.3 Å². The van der Waals surface area contributed by atoms with Crippen LogP contribution in [0.25, 0.3) is 0 Å². The average Bonchev–Trinajstić information content (AvgIpc) is 2.84. The number of halogens is 1. The van der Waals surface area contributed by atoms with Crippen molar-refractivity contribution < 1.29 is 9.53 Å². The van der Waals surface area contributed by atoms with Crippen LogP contribution in [0, 0.1) is 6.92 Å². The molecule has 1 N–H and O–H groups in total. The SMILES string of the molecule is CCn1cc(Br)c(=O)c(NC(=O)c2sc(C)cc2OC)c1. The average molecular weight is 371 g/mol. The van der Waals surface area contributed by atoms with E-state index in [1.165, 1.54) is 18.4 Å². The van der Waals surface area contributed by atoms with Gasteiger partial charge in [-0.1, -0.05) is 0 Å². The van der Waals surface area contributed by atoms with Gasteiger partial charge in [-0.2, -0.15) is 0 Å². The molecule has 0 aliphatic rings. The van der Waals surface area contributed by atoms with Crippen molar-refractivity contribution in [3.63, 3.8) is 0 Å². The molecule has 0 saturated carbocycles. The Morgan fingerprint density at radius 2 is 2.19 bits per heavy atom. The largest absolute Gasteiger partial charge is 0.495 e. The van der Waals surface area contributed by atoms with Gasteiger partial charge in [0.2, 0.25) is 5.43 Å². The third-order valence-corrected chi connectivity index (χ3v) is 4.49. The van der Waals surface area contributed by atoms with E-state index < -0.39 is 0 Å². The molecular formula is C14H15BrN2O3S. The van der Waals surface area contributed by atoms with Gasteiger partial charge in [0.25, 0.3) is 5.91 Å². The summed E-state index contributed by atoms with van der Waals surface area (Å²) in [5.41, 5.74) is -0.00961. The van der Waals surface area contributed by atoms with Gasteiger partial charge in [0.15, 0.2) is 0 Å². The molecule has 2 aromatic rings. The van der Waals surface area contributed by atoms with E-state index in [2.05, 4.69) is 21.2 Å². The normalized spacial score (nSPS) is 10.5. The van der Waals surface area contributed by atoms with Crippen LogP contribution in [0.1, 0.15) is 21.5 Å². The maximum absolute atomic E-state index is 12.3. The predicted octanol–water partition coefficient (Wildman–Crippen LogP) is 3.26. The molecule has 112 valence electrons. The number of hydrogen-bond acceptors (Lipinski definition) is 4. The number of nitrogens with one attached hydrogen (secondary N) is 1. The van der Waals surface area contributed by atoms with Crippen LogP contribution in [0.4, 0.5) is 5.69 Å². The molecule has 5 nitrogen and oxygen atoms in total. The molecule has 2 rings (SSSR count). The van der Waals surface area contributed by atoms with E-state index in [-0.39, 0.29) is 17.0 Å². The zero-order valence-electron chi connectivity index (χ0n) is 11.9. The smallest absolute Gasteiger partial charge is 0.269 e. The van der Waals surface area contributed by atoms with E-state index in [9.17, 15) is 9.59 Å². The van der Waals surface area contributed by atoms with Gasteiger partial charge in [0, 0.05) is 23.8 Å². The number of ether oxygens (including phenoxy) is 1. The molecule has 2 heterocycles. The highest BCUT2D eigenvalue weighted by Crippen LogP contribution is 2.29. The maximum Gasteiger partial charge on any atom is 0.269 e. The first-order chi connectivity index (χ1) is 9.96. The molecule has 0 aromatic carbocycles. The first-order valence-corrected chi connectivity index (χ1v) is 7.92. The van der Waals surface area contributed by atoms with Crippen molar-refractivity contribution in [2.45, 2.75) is 20.4 Å². The number of pyridine rings is 1. The highest BCUT2D eigenvalue weighted by atomic mass is 79.9. The van der Waals surface area contributed by atoms with Crippen molar-refractivity contribution in [2.24, 2.45) is 0 Å². The number of carbonyl (C=O) groups excluding carboxylic acids is 1. The van der Waals surface area contributed by atoms with Gasteiger partial charge in [-0.25, -0.2) is 0 Å². The van der Waals surface area contributed by atoms with Gasteiger partial charge < -0.3 is 14.6 Å². The van der Waals surface area contributed by atoms with Gasteiger partial charge in [-0.05, 0) is 35.8 Å². The fourth-order valence-corrected chi connectivity index (χ4v) is 3.20. The first-order valence-electron chi connectivity index (χ1n) is 6.31. The Bertz CT molecular complexity index is 736. The summed E-state index contributed by atoms with van der Waals surface area (Å²) in [5, 5.41) is 2.66. The van der Waals surface area contributed by atoms with Crippen molar-refractivity contribution in [3.05, 3.63) is 42.9 Å². The van der Waals surface area contributed by atoms with Gasteiger partial charge in [-0.15, -0.1) is 11.3 Å². The van der Waals surface area contributed by atoms with Gasteiger partial charge in [0.05, 0.1) is 11.6 Å². The van der Waals surface area contributed by atoms with Crippen molar-refractivity contribution in [1.29, 1.82) is 0 Å². The van der Waals surface area contributed by atoms with E-state index in [1.54, 1.807) is 18.5 Å². The minimum atomic E-state index is -0.345. The van der Waals surface area contributed by atoms with Crippen molar-refractivity contribution >= 4 is 38.9 Å². The Morgan fingerprint density at radius 1 is 1.48 bits per heavy atom. The maximum atomic E-state index is 12.3. The van der Waals surface area contributed by atoms with Crippen LogP contribution in [0.2, 0.25) is 0 Å². The first kappa shape index (κ1) is 15.8. The summed E-state index contributed by atoms with van der Waals surface area (Å²) in [6.45, 7) is 4.55. The zero-order valence-corrected chi connectivity index (χ0v) is 14.3. The predicted molar refractivity (Wildman–Crippen MR) is 87.6 cm³/mol. The number of hydrogen-bond donors (Lipinski definition) is 1. The molecule has 0 spiro atoms. The summed E-state index contributed by atoms with van der Waals surface area (Å²) in [5.74, 6) is 0.170. The lowest BCUT2D eigenvalue weighted by Gasteiger charge is -2.09. The fraction of sp³-hybridized carbons (Fsp3) is 0.286. The third kappa shape index (κ3) is 3.36. The summed E-state index contributed by atoms with van der Waals surface area (Å²) in [6, 6.07) is 1.80. The van der Waals surface area contributed by atoms with E-state index in [4.69, 9.17) is 4.74 Å². The van der Waals surface area contributed by atoms with Crippen molar-refractivity contribution in [3.8, 4) is 5.75 Å². The molecule has 0 atom stereocenters. The van der Waals surface area contributed by atoms with Gasteiger partial charge >= 0.3 is 0 Å². The number of methoxy groups -OCH3 is 1. The number of thiophene rings is 1. The molecule has 1 amide bonds. The summed E-state index contributed by atoms with van der Waals surface area (Å²) in [4.78, 5) is 25.8. The number of aromatic nitrogens is 1. The van der Waals surface area contributed by atoms with Crippen LogP contribution in [0.15, 0.2) is 27.7 Å². The summed E-state index contributed by atoms with van der Waals surface area (Å²) in [6.07, 6.45) is 3.31. The van der Waals surface area contributed by atoms with Crippen LogP contribution in [-0.2, 0) is 6.54 Å². The fourth-order valence-electron chi connectivity index (χ4n) is 1.85. The Balaban J connectivity index is 2.35. The Morgan fingerprint density at radius 3 is 2.81 bits per heavy atom. The van der Waals surface area contributed by atoms with Crippen LogP contribution >= 0.6 is 27.3 Å². The highest BCUT2D eigenvalue weighted by Gasteiger charge is 2.17.